The van der Waals surface area contributed by atoms with Gasteiger partial charge < -0.3 is 24.5 Å². The number of aliphatic carboxylic acids is 1. The van der Waals surface area contributed by atoms with Crippen LogP contribution in [0.4, 0.5) is 23.7 Å². The van der Waals surface area contributed by atoms with Crippen molar-refractivity contribution in [3.8, 4) is 0 Å². The van der Waals surface area contributed by atoms with Crippen molar-refractivity contribution in [2.45, 2.75) is 31.9 Å². The minimum Gasteiger partial charge on any atom is -0.475 e. The van der Waals surface area contributed by atoms with Gasteiger partial charge in [0.05, 0.1) is 25.1 Å². The van der Waals surface area contributed by atoms with Crippen LogP contribution in [-0.4, -0.2) is 90.5 Å². The van der Waals surface area contributed by atoms with Gasteiger partial charge in [-0.1, -0.05) is 0 Å². The molecule has 1 aromatic heterocycles. The number of likely N-dealkylation sites (tertiary alicyclic amines) is 2. The predicted octanol–water partition coefficient (Wildman–Crippen LogP) is 2.85. The second-order valence-corrected chi connectivity index (χ2v) is 8.49. The summed E-state index contributed by atoms with van der Waals surface area (Å²) in [5.74, 6) is -2.76. The van der Waals surface area contributed by atoms with E-state index >= 15 is 0 Å². The van der Waals surface area contributed by atoms with Crippen molar-refractivity contribution < 1.29 is 32.6 Å². The summed E-state index contributed by atoms with van der Waals surface area (Å²) in [5.41, 5.74) is 1.18. The van der Waals surface area contributed by atoms with Crippen LogP contribution < -0.4 is 4.90 Å². The maximum Gasteiger partial charge on any atom is 0.490 e. The molecule has 0 aromatic carbocycles. The second-order valence-electron chi connectivity index (χ2n) is 8.49. The molecular weight excluding hydrogens is 429 g/mol. The minimum absolute atomic E-state index is 0.0278. The molecule has 0 aliphatic carbocycles. The number of carbonyl (C=O) groups excluding carboxylic acids is 1. The first kappa shape index (κ1) is 24.1. The highest BCUT2D eigenvalue weighted by Gasteiger charge is 2.41. The Morgan fingerprint density at radius 1 is 1.06 bits per heavy atom. The Bertz CT molecular complexity index is 774. The van der Waals surface area contributed by atoms with Gasteiger partial charge in [-0.2, -0.15) is 13.2 Å². The van der Waals surface area contributed by atoms with Gasteiger partial charge in [0.25, 0.3) is 0 Å². The molecule has 1 aromatic rings. The summed E-state index contributed by atoms with van der Waals surface area (Å²) in [6.07, 6.45) is 3.11. The van der Waals surface area contributed by atoms with E-state index in [9.17, 15) is 18.0 Å². The number of carbonyl (C=O) groups is 2. The third-order valence-electron chi connectivity index (χ3n) is 6.00. The molecule has 3 aliphatic rings. The Balaban J connectivity index is 0.000000360. The molecular formula is C21H29F3N4O4. The van der Waals surface area contributed by atoms with E-state index in [2.05, 4.69) is 20.9 Å². The molecule has 1 unspecified atom stereocenters. The smallest absolute Gasteiger partial charge is 0.475 e. The van der Waals surface area contributed by atoms with Gasteiger partial charge in [-0.25, -0.2) is 9.59 Å². The second kappa shape index (κ2) is 10.4. The lowest BCUT2D eigenvalue weighted by molar-refractivity contribution is -0.192. The number of anilines is 1. The minimum atomic E-state index is -5.08. The summed E-state index contributed by atoms with van der Waals surface area (Å²) in [5, 5.41) is 7.12. The van der Waals surface area contributed by atoms with Gasteiger partial charge in [0.2, 0.25) is 0 Å². The summed E-state index contributed by atoms with van der Waals surface area (Å²) in [6, 6.07) is 4.33. The molecule has 0 radical (unpaired) electrons. The zero-order valence-corrected chi connectivity index (χ0v) is 17.9. The topological polar surface area (TPSA) is 86.2 Å². The van der Waals surface area contributed by atoms with Crippen LogP contribution >= 0.6 is 0 Å². The van der Waals surface area contributed by atoms with Crippen molar-refractivity contribution in [2.75, 3.05) is 57.4 Å². The van der Waals surface area contributed by atoms with E-state index in [1.807, 2.05) is 23.4 Å². The molecule has 8 nitrogen and oxygen atoms in total. The molecule has 4 heterocycles. The molecule has 2 amide bonds. The molecule has 1 spiro atoms. The van der Waals surface area contributed by atoms with Crippen molar-refractivity contribution in [3.63, 3.8) is 0 Å². The lowest BCUT2D eigenvalue weighted by atomic mass is 9.80. The van der Waals surface area contributed by atoms with Gasteiger partial charge in [-0.05, 0) is 37.8 Å². The van der Waals surface area contributed by atoms with Crippen LogP contribution in [-0.2, 0) is 9.53 Å². The summed E-state index contributed by atoms with van der Waals surface area (Å²) < 4.78 is 37.7. The number of amides is 2. The highest BCUT2D eigenvalue weighted by Crippen LogP contribution is 2.35. The Morgan fingerprint density at radius 2 is 1.75 bits per heavy atom. The molecule has 11 heteroatoms. The van der Waals surface area contributed by atoms with Crippen molar-refractivity contribution in [2.24, 2.45) is 5.41 Å². The number of piperidine rings is 1. The summed E-state index contributed by atoms with van der Waals surface area (Å²) in [7, 11) is 0. The van der Waals surface area contributed by atoms with E-state index in [1.165, 1.54) is 0 Å². The van der Waals surface area contributed by atoms with E-state index in [0.29, 0.717) is 0 Å². The lowest BCUT2D eigenvalue weighted by Gasteiger charge is -2.44. The fraction of sp³-hybridized carbons (Fsp3) is 0.667. The molecule has 32 heavy (non-hydrogen) atoms. The first-order valence-corrected chi connectivity index (χ1v) is 10.8. The number of halogens is 3. The van der Waals surface area contributed by atoms with Gasteiger partial charge in [0.15, 0.2) is 0 Å². The summed E-state index contributed by atoms with van der Waals surface area (Å²) >= 11 is 0. The highest BCUT2D eigenvalue weighted by atomic mass is 19.4. The zero-order valence-electron chi connectivity index (χ0n) is 17.9. The monoisotopic (exact) mass is 458 g/mol. The number of carboxylic acid groups (broad SMARTS) is 1. The first-order chi connectivity index (χ1) is 15.2. The number of rotatable bonds is 1. The van der Waals surface area contributed by atoms with Crippen LogP contribution in [0, 0.1) is 5.41 Å². The number of hydrogen-bond donors (Lipinski definition) is 1. The zero-order chi connectivity index (χ0) is 23.2. The normalized spacial score (nSPS) is 24.0. The van der Waals surface area contributed by atoms with Crippen LogP contribution in [0.25, 0.3) is 0 Å². The van der Waals surface area contributed by atoms with Crippen molar-refractivity contribution >= 4 is 17.7 Å². The number of nitrogens with zero attached hydrogens (tertiary/aromatic N) is 4. The highest BCUT2D eigenvalue weighted by molar-refractivity contribution is 5.75. The molecule has 3 aliphatic heterocycles. The van der Waals surface area contributed by atoms with Gasteiger partial charge >= 0.3 is 18.2 Å². The molecule has 4 rings (SSSR count). The molecule has 178 valence electrons. The van der Waals surface area contributed by atoms with Gasteiger partial charge in [0, 0.05) is 50.9 Å². The first-order valence-electron chi connectivity index (χ1n) is 10.8. The Morgan fingerprint density at radius 3 is 2.38 bits per heavy atom. The number of alkyl halides is 3. The van der Waals surface area contributed by atoms with Gasteiger partial charge in [0.1, 0.15) is 0 Å². The average molecular weight is 458 g/mol. The van der Waals surface area contributed by atoms with Crippen LogP contribution in [0.2, 0.25) is 0 Å². The van der Waals surface area contributed by atoms with E-state index in [0.717, 1.165) is 83.9 Å². The SMILES string of the molecule is O=C(N1CCCC1)N1CCCC2(COCCN(c3cccnc3)C2)C1.O=C(O)C(F)(F)F. The van der Waals surface area contributed by atoms with Crippen LogP contribution in [0.15, 0.2) is 24.5 Å². The summed E-state index contributed by atoms with van der Waals surface area (Å²) in [4.78, 5) is 32.5. The number of aromatic nitrogens is 1. The quantitative estimate of drug-likeness (QED) is 0.697. The lowest BCUT2D eigenvalue weighted by Crippen LogP contribution is -2.54. The number of hydrogen-bond acceptors (Lipinski definition) is 5. The van der Waals surface area contributed by atoms with Crippen LogP contribution in [0.3, 0.4) is 0 Å². The van der Waals surface area contributed by atoms with Crippen molar-refractivity contribution in [3.05, 3.63) is 24.5 Å². The molecule has 3 fully saturated rings. The maximum atomic E-state index is 12.9. The maximum absolute atomic E-state index is 12.9. The Labute approximate surface area is 184 Å². The van der Waals surface area contributed by atoms with Gasteiger partial charge in [-0.3, -0.25) is 4.98 Å². The third-order valence-corrected chi connectivity index (χ3v) is 6.00. The van der Waals surface area contributed by atoms with Crippen LogP contribution in [0.1, 0.15) is 25.7 Å². The van der Waals surface area contributed by atoms with E-state index < -0.39 is 12.1 Å². The molecule has 0 saturated carbocycles. The fourth-order valence-corrected chi connectivity index (χ4v) is 4.48. The number of urea groups is 1. The largest absolute Gasteiger partial charge is 0.490 e. The van der Waals surface area contributed by atoms with E-state index in [1.54, 1.807) is 0 Å². The fourth-order valence-electron chi connectivity index (χ4n) is 4.48. The van der Waals surface area contributed by atoms with E-state index in [4.69, 9.17) is 14.6 Å². The summed E-state index contributed by atoms with van der Waals surface area (Å²) in [6.45, 7) is 6.81. The number of ether oxygens (including phenoxy) is 1. The van der Waals surface area contributed by atoms with Crippen molar-refractivity contribution in [1.29, 1.82) is 0 Å². The molecule has 0 bridgehead atoms. The molecule has 3 saturated heterocycles. The predicted molar refractivity (Wildman–Crippen MR) is 110 cm³/mol. The number of carboxylic acids is 1. The van der Waals surface area contributed by atoms with E-state index in [-0.39, 0.29) is 11.4 Å². The van der Waals surface area contributed by atoms with Crippen LogP contribution in [0.5, 0.6) is 0 Å². The van der Waals surface area contributed by atoms with Crippen molar-refractivity contribution in [1.82, 2.24) is 14.8 Å². The molecule has 1 N–H and O–H groups in total. The Kier molecular flexibility index (Phi) is 7.81. The average Bonchev–Trinajstić information content (AvgIpc) is 3.23. The Hall–Kier alpha value is -2.56. The number of pyridine rings is 1. The third kappa shape index (κ3) is 6.24. The standard InChI is InChI=1S/C19H28N4O2.C2HF3O2/c24-18(21-8-1-2-9-21)23-10-4-6-19(15-23)14-22(11-12-25-16-19)17-5-3-7-20-13-17;3-2(4,5)1(6)7/h3,5,7,13H,1-2,4,6,8-12,14-16H2;(H,6,7). The van der Waals surface area contributed by atoms with Gasteiger partial charge in [-0.15, -0.1) is 0 Å². The molecule has 1 atom stereocenters.